The molecule has 0 aliphatic carbocycles. The number of nitro groups is 1. The number of carbonyl (C=O) groups is 1. The first-order chi connectivity index (χ1) is 8.49. The molecule has 1 saturated heterocycles. The van der Waals surface area contributed by atoms with Crippen LogP contribution < -0.4 is 4.74 Å². The summed E-state index contributed by atoms with van der Waals surface area (Å²) in [6, 6.07) is 1.35. The van der Waals surface area contributed by atoms with Crippen molar-refractivity contribution in [1.82, 2.24) is 0 Å². The van der Waals surface area contributed by atoms with Gasteiger partial charge in [0.2, 0.25) is 0 Å². The number of benzene rings is 1. The largest absolute Gasteiger partial charge is 0.479 e. The molecule has 0 unspecified atom stereocenters. The molecule has 8 heteroatoms. The molecule has 1 aliphatic heterocycles. The molecule has 18 heavy (non-hydrogen) atoms. The molecule has 0 bridgehead atoms. The number of hydrogen-bond donors (Lipinski definition) is 1. The lowest BCUT2D eigenvalue weighted by Gasteiger charge is -2.26. The minimum absolute atomic E-state index is 0.261. The van der Waals surface area contributed by atoms with Crippen LogP contribution in [0.2, 0.25) is 0 Å². The average Bonchev–Trinajstić information content (AvgIpc) is 2.23. The number of nitro benzene ring substituents is 1. The van der Waals surface area contributed by atoms with Gasteiger partial charge in [-0.1, -0.05) is 0 Å². The van der Waals surface area contributed by atoms with E-state index in [1.165, 1.54) is 0 Å². The second-order valence-corrected chi connectivity index (χ2v) is 3.64. The van der Waals surface area contributed by atoms with E-state index in [4.69, 9.17) is 14.6 Å². The minimum atomic E-state index is -1.52. The zero-order valence-electron chi connectivity index (χ0n) is 8.96. The average molecular weight is 257 g/mol. The van der Waals surface area contributed by atoms with E-state index in [-0.39, 0.29) is 25.1 Å². The summed E-state index contributed by atoms with van der Waals surface area (Å²) in [7, 11) is 0. The van der Waals surface area contributed by atoms with E-state index in [1.807, 2.05) is 0 Å². The van der Waals surface area contributed by atoms with Gasteiger partial charge in [0.25, 0.3) is 0 Å². The van der Waals surface area contributed by atoms with Gasteiger partial charge in [-0.15, -0.1) is 0 Å². The quantitative estimate of drug-likeness (QED) is 0.642. The number of hydrogen-bond acceptors (Lipinski definition) is 5. The Kier molecular flexibility index (Phi) is 3.11. The summed E-state index contributed by atoms with van der Waals surface area (Å²) >= 11 is 0. The van der Waals surface area contributed by atoms with Gasteiger partial charge < -0.3 is 14.6 Å². The zero-order valence-corrected chi connectivity index (χ0v) is 8.96. The van der Waals surface area contributed by atoms with Crippen LogP contribution in [0.3, 0.4) is 0 Å². The third-order valence-corrected chi connectivity index (χ3v) is 2.38. The van der Waals surface area contributed by atoms with Gasteiger partial charge in [0.05, 0.1) is 29.8 Å². The van der Waals surface area contributed by atoms with E-state index < -0.39 is 28.0 Å². The molecule has 1 aromatic carbocycles. The summed E-state index contributed by atoms with van der Waals surface area (Å²) in [5.74, 6) is -2.96. The summed E-state index contributed by atoms with van der Waals surface area (Å²) in [6.07, 6.45) is -0.379. The molecule has 0 saturated carbocycles. The fourth-order valence-electron chi connectivity index (χ4n) is 1.41. The lowest BCUT2D eigenvalue weighted by atomic mass is 10.1. The van der Waals surface area contributed by atoms with Crippen molar-refractivity contribution in [1.29, 1.82) is 0 Å². The molecule has 2 rings (SSSR count). The Morgan fingerprint density at radius 2 is 2.22 bits per heavy atom. The molecule has 1 fully saturated rings. The van der Waals surface area contributed by atoms with Crippen LogP contribution in [0.25, 0.3) is 0 Å². The van der Waals surface area contributed by atoms with Crippen LogP contribution in [0.4, 0.5) is 10.1 Å². The molecule has 0 aromatic heterocycles. The Labute approximate surface area is 99.9 Å². The number of carboxylic acid groups (broad SMARTS) is 1. The molecule has 1 aromatic rings. The van der Waals surface area contributed by atoms with Crippen LogP contribution in [-0.4, -0.2) is 35.3 Å². The van der Waals surface area contributed by atoms with Crippen molar-refractivity contribution in [3.05, 3.63) is 33.6 Å². The van der Waals surface area contributed by atoms with Crippen molar-refractivity contribution in [2.24, 2.45) is 0 Å². The molecule has 1 heterocycles. The predicted octanol–water partition coefficient (Wildman–Crippen LogP) is 1.21. The first-order valence-electron chi connectivity index (χ1n) is 4.94. The van der Waals surface area contributed by atoms with Crippen LogP contribution in [-0.2, 0) is 4.74 Å². The van der Waals surface area contributed by atoms with Gasteiger partial charge >= 0.3 is 11.7 Å². The van der Waals surface area contributed by atoms with Crippen LogP contribution in [0.5, 0.6) is 5.75 Å². The maximum absolute atomic E-state index is 13.3. The van der Waals surface area contributed by atoms with E-state index in [9.17, 15) is 19.3 Å². The number of ether oxygens (including phenoxy) is 2. The van der Waals surface area contributed by atoms with E-state index in [2.05, 4.69) is 0 Å². The molecule has 0 amide bonds. The smallest absolute Gasteiger partial charge is 0.338 e. The van der Waals surface area contributed by atoms with Gasteiger partial charge in [0.1, 0.15) is 11.9 Å². The minimum Gasteiger partial charge on any atom is -0.479 e. The van der Waals surface area contributed by atoms with Gasteiger partial charge in [-0.05, 0) is 0 Å². The van der Waals surface area contributed by atoms with Gasteiger partial charge in [-0.25, -0.2) is 9.18 Å². The van der Waals surface area contributed by atoms with Gasteiger partial charge in [-0.3, -0.25) is 10.1 Å². The van der Waals surface area contributed by atoms with Crippen LogP contribution in [0.15, 0.2) is 12.1 Å². The van der Waals surface area contributed by atoms with E-state index in [1.54, 1.807) is 0 Å². The SMILES string of the molecule is O=C(O)c1cc(OC2COC2)c([N+](=O)[O-])cc1F. The van der Waals surface area contributed by atoms with Gasteiger partial charge in [0.15, 0.2) is 5.75 Å². The van der Waals surface area contributed by atoms with Crippen molar-refractivity contribution in [2.75, 3.05) is 13.2 Å². The lowest BCUT2D eigenvalue weighted by Crippen LogP contribution is -2.38. The standard InChI is InChI=1S/C10H8FNO6/c11-7-2-8(12(15)16)9(1-6(7)10(13)14)18-5-3-17-4-5/h1-2,5H,3-4H2,(H,13,14). The number of rotatable bonds is 4. The van der Waals surface area contributed by atoms with Crippen molar-refractivity contribution >= 4 is 11.7 Å². The Morgan fingerprint density at radius 3 is 2.67 bits per heavy atom. The van der Waals surface area contributed by atoms with Crippen LogP contribution in [0.1, 0.15) is 10.4 Å². The molecule has 96 valence electrons. The highest BCUT2D eigenvalue weighted by molar-refractivity contribution is 5.89. The molecule has 0 spiro atoms. The Balaban J connectivity index is 2.41. The molecule has 7 nitrogen and oxygen atoms in total. The Bertz CT molecular complexity index is 513. The highest BCUT2D eigenvalue weighted by atomic mass is 19.1. The summed E-state index contributed by atoms with van der Waals surface area (Å²) < 4.78 is 23.3. The number of carboxylic acids is 1. The molecular formula is C10H8FNO6. The summed E-state index contributed by atoms with van der Waals surface area (Å²) in [6.45, 7) is 0.522. The van der Waals surface area contributed by atoms with Crippen LogP contribution in [0, 0.1) is 15.9 Å². The second-order valence-electron chi connectivity index (χ2n) is 3.64. The van der Waals surface area contributed by atoms with Crippen molar-refractivity contribution in [3.8, 4) is 5.75 Å². The van der Waals surface area contributed by atoms with Crippen LogP contribution >= 0.6 is 0 Å². The first-order valence-corrected chi connectivity index (χ1v) is 4.94. The Morgan fingerprint density at radius 1 is 1.56 bits per heavy atom. The Hall–Kier alpha value is -2.22. The normalized spacial score (nSPS) is 14.9. The second kappa shape index (κ2) is 4.57. The molecular weight excluding hydrogens is 249 g/mol. The number of aromatic carboxylic acids is 1. The first kappa shape index (κ1) is 12.2. The topological polar surface area (TPSA) is 98.9 Å². The van der Waals surface area contributed by atoms with E-state index in [0.29, 0.717) is 6.07 Å². The highest BCUT2D eigenvalue weighted by Crippen LogP contribution is 2.31. The number of nitrogens with zero attached hydrogens (tertiary/aromatic N) is 1. The molecule has 1 N–H and O–H groups in total. The fourth-order valence-corrected chi connectivity index (χ4v) is 1.41. The monoisotopic (exact) mass is 257 g/mol. The lowest BCUT2D eigenvalue weighted by molar-refractivity contribution is -0.386. The zero-order chi connectivity index (χ0) is 13.3. The molecule has 0 radical (unpaired) electrons. The third kappa shape index (κ3) is 2.23. The molecule has 0 atom stereocenters. The van der Waals surface area contributed by atoms with Gasteiger partial charge in [-0.2, -0.15) is 0 Å². The van der Waals surface area contributed by atoms with Crippen molar-refractivity contribution in [3.63, 3.8) is 0 Å². The maximum atomic E-state index is 13.3. The van der Waals surface area contributed by atoms with E-state index >= 15 is 0 Å². The maximum Gasteiger partial charge on any atom is 0.338 e. The van der Waals surface area contributed by atoms with Crippen molar-refractivity contribution < 1.29 is 28.7 Å². The summed E-state index contributed by atoms with van der Waals surface area (Å²) in [4.78, 5) is 20.6. The van der Waals surface area contributed by atoms with E-state index in [0.717, 1.165) is 6.07 Å². The third-order valence-electron chi connectivity index (χ3n) is 2.38. The van der Waals surface area contributed by atoms with Crippen molar-refractivity contribution in [2.45, 2.75) is 6.10 Å². The molecule has 1 aliphatic rings. The fraction of sp³-hybridized carbons (Fsp3) is 0.300. The highest BCUT2D eigenvalue weighted by Gasteiger charge is 2.27. The van der Waals surface area contributed by atoms with Gasteiger partial charge in [0, 0.05) is 6.07 Å². The summed E-state index contributed by atoms with van der Waals surface area (Å²) in [5, 5.41) is 19.5. The summed E-state index contributed by atoms with van der Waals surface area (Å²) in [5.41, 5.74) is -1.28. The number of halogens is 1. The predicted molar refractivity (Wildman–Crippen MR) is 55.2 cm³/mol.